The minimum Gasteiger partial charge on any atom is -0.380 e. The lowest BCUT2D eigenvalue weighted by Crippen LogP contribution is -2.06. The van der Waals surface area contributed by atoms with Crippen LogP contribution >= 0.6 is 0 Å². The highest BCUT2D eigenvalue weighted by Crippen LogP contribution is 1.91. The Balaban J connectivity index is 3.02. The molecule has 0 saturated carbocycles. The molecule has 0 aromatic carbocycles. The second-order valence-corrected chi connectivity index (χ2v) is 1.61. The highest BCUT2D eigenvalue weighted by atomic mass is 16.3. The lowest BCUT2D eigenvalue weighted by Gasteiger charge is -1.98. The van der Waals surface area contributed by atoms with E-state index >= 15 is 0 Å². The van der Waals surface area contributed by atoms with Crippen molar-refractivity contribution in [2.75, 3.05) is 6.54 Å². The third-order valence-electron chi connectivity index (χ3n) is 0.874. The first kappa shape index (κ1) is 7.48. The fraction of sp³-hybridized carbons (Fsp3) is 0.667. The summed E-state index contributed by atoms with van der Waals surface area (Å²) >= 11 is 0. The van der Waals surface area contributed by atoms with Gasteiger partial charge >= 0.3 is 0 Å². The molecule has 0 bridgehead atoms. The number of rotatable bonds is 3. The average molecular weight is 113 g/mol. The summed E-state index contributed by atoms with van der Waals surface area (Å²) in [7, 11) is 0. The van der Waals surface area contributed by atoms with E-state index in [0.717, 1.165) is 6.42 Å². The molecule has 0 aromatic rings. The molecule has 2 nitrogen and oxygen atoms in total. The van der Waals surface area contributed by atoms with Crippen molar-refractivity contribution in [2.45, 2.75) is 18.9 Å². The average Bonchev–Trinajstić information content (AvgIpc) is 1.83. The topological polar surface area (TPSA) is 46.2 Å². The Hall–Kier alpha value is -0.520. The summed E-state index contributed by atoms with van der Waals surface area (Å²) in [6.07, 6.45) is 5.69. The van der Waals surface area contributed by atoms with E-state index in [1.165, 1.54) is 0 Å². The molecule has 46 valence electrons. The van der Waals surface area contributed by atoms with Gasteiger partial charge in [0.1, 0.15) is 6.10 Å². The molecule has 1 atom stereocenters. The first-order valence-electron chi connectivity index (χ1n) is 2.65. The van der Waals surface area contributed by atoms with Crippen LogP contribution in [-0.4, -0.2) is 17.8 Å². The zero-order valence-electron chi connectivity index (χ0n) is 4.80. The van der Waals surface area contributed by atoms with Gasteiger partial charge in [0.25, 0.3) is 0 Å². The predicted octanol–water partition coefficient (Wildman–Crippen LogP) is -0.281. The van der Waals surface area contributed by atoms with E-state index in [1.807, 2.05) is 0 Å². The summed E-state index contributed by atoms with van der Waals surface area (Å²) in [5.74, 6) is 2.20. The van der Waals surface area contributed by atoms with Crippen molar-refractivity contribution in [2.24, 2.45) is 5.73 Å². The molecule has 0 aliphatic carbocycles. The summed E-state index contributed by atoms with van der Waals surface area (Å²) in [6, 6.07) is 0. The molecule has 0 aromatic heterocycles. The normalized spacial score (nSPS) is 12.6. The van der Waals surface area contributed by atoms with Crippen molar-refractivity contribution in [3.63, 3.8) is 0 Å². The fourth-order valence-electron chi connectivity index (χ4n) is 0.395. The third-order valence-corrected chi connectivity index (χ3v) is 0.874. The SMILES string of the molecule is C#C[C@@H](O)CCCN. The first-order valence-corrected chi connectivity index (χ1v) is 2.65. The quantitative estimate of drug-likeness (QED) is 0.494. The monoisotopic (exact) mass is 113 g/mol. The number of nitrogens with two attached hydrogens (primary N) is 1. The Morgan fingerprint density at radius 2 is 2.38 bits per heavy atom. The Bertz CT molecular complexity index is 85.0. The maximum absolute atomic E-state index is 8.70. The molecule has 8 heavy (non-hydrogen) atoms. The molecule has 0 radical (unpaired) electrons. The van der Waals surface area contributed by atoms with E-state index in [-0.39, 0.29) is 0 Å². The lowest BCUT2D eigenvalue weighted by molar-refractivity contribution is 0.220. The maximum atomic E-state index is 8.70. The second-order valence-electron chi connectivity index (χ2n) is 1.61. The van der Waals surface area contributed by atoms with Crippen molar-refractivity contribution in [1.29, 1.82) is 0 Å². The number of hydrogen-bond donors (Lipinski definition) is 2. The van der Waals surface area contributed by atoms with Crippen molar-refractivity contribution in [3.8, 4) is 12.3 Å². The molecule has 0 aliphatic heterocycles. The summed E-state index contributed by atoms with van der Waals surface area (Å²) in [5.41, 5.74) is 5.15. The molecule has 0 fully saturated rings. The molecule has 0 rings (SSSR count). The van der Waals surface area contributed by atoms with Gasteiger partial charge in [0.15, 0.2) is 0 Å². The number of aliphatic hydroxyl groups excluding tert-OH is 1. The highest BCUT2D eigenvalue weighted by Gasteiger charge is 1.94. The first-order chi connectivity index (χ1) is 3.81. The van der Waals surface area contributed by atoms with Crippen LogP contribution in [0, 0.1) is 12.3 Å². The molecule has 0 aliphatic rings. The van der Waals surface area contributed by atoms with Gasteiger partial charge in [-0.1, -0.05) is 5.92 Å². The standard InChI is InChI=1S/C6H11NO/c1-2-6(8)4-3-5-7/h1,6,8H,3-5,7H2/t6-/m1/s1. The van der Waals surface area contributed by atoms with E-state index in [4.69, 9.17) is 17.3 Å². The van der Waals surface area contributed by atoms with Gasteiger partial charge in [0.05, 0.1) is 0 Å². The van der Waals surface area contributed by atoms with E-state index in [0.29, 0.717) is 13.0 Å². The van der Waals surface area contributed by atoms with Gasteiger partial charge in [-0.3, -0.25) is 0 Å². The molecule has 0 unspecified atom stereocenters. The van der Waals surface area contributed by atoms with Gasteiger partial charge in [0, 0.05) is 0 Å². The zero-order valence-corrected chi connectivity index (χ0v) is 4.80. The molecular weight excluding hydrogens is 102 g/mol. The zero-order chi connectivity index (χ0) is 6.41. The van der Waals surface area contributed by atoms with Crippen LogP contribution in [0.2, 0.25) is 0 Å². The minimum absolute atomic E-state index is 0.596. The summed E-state index contributed by atoms with van der Waals surface area (Å²) < 4.78 is 0. The number of hydrogen-bond acceptors (Lipinski definition) is 2. The van der Waals surface area contributed by atoms with Crippen LogP contribution in [0.1, 0.15) is 12.8 Å². The summed E-state index contributed by atoms with van der Waals surface area (Å²) in [5, 5.41) is 8.70. The Morgan fingerprint density at radius 3 is 2.75 bits per heavy atom. The van der Waals surface area contributed by atoms with Crippen LogP contribution in [0.3, 0.4) is 0 Å². The maximum Gasteiger partial charge on any atom is 0.114 e. The van der Waals surface area contributed by atoms with Gasteiger partial charge in [-0.2, -0.15) is 0 Å². The Morgan fingerprint density at radius 1 is 1.75 bits per heavy atom. The van der Waals surface area contributed by atoms with E-state index in [2.05, 4.69) is 5.92 Å². The van der Waals surface area contributed by atoms with Crippen LogP contribution in [-0.2, 0) is 0 Å². The van der Waals surface area contributed by atoms with E-state index in [9.17, 15) is 0 Å². The van der Waals surface area contributed by atoms with Crippen LogP contribution in [0.15, 0.2) is 0 Å². The predicted molar refractivity (Wildman–Crippen MR) is 33.1 cm³/mol. The third kappa shape index (κ3) is 3.66. The molecule has 0 spiro atoms. The largest absolute Gasteiger partial charge is 0.380 e. The van der Waals surface area contributed by atoms with Gasteiger partial charge in [-0.15, -0.1) is 6.42 Å². The minimum atomic E-state index is -0.599. The van der Waals surface area contributed by atoms with Crippen molar-refractivity contribution < 1.29 is 5.11 Å². The van der Waals surface area contributed by atoms with Crippen LogP contribution in [0.5, 0.6) is 0 Å². The van der Waals surface area contributed by atoms with Gasteiger partial charge < -0.3 is 10.8 Å². The highest BCUT2D eigenvalue weighted by molar-refractivity contribution is 4.92. The van der Waals surface area contributed by atoms with Crippen molar-refractivity contribution in [3.05, 3.63) is 0 Å². The number of terminal acetylenes is 1. The van der Waals surface area contributed by atoms with Crippen molar-refractivity contribution in [1.82, 2.24) is 0 Å². The molecule has 0 heterocycles. The molecule has 2 heteroatoms. The Kier molecular flexibility index (Phi) is 4.33. The molecule has 3 N–H and O–H groups in total. The summed E-state index contributed by atoms with van der Waals surface area (Å²) in [4.78, 5) is 0. The van der Waals surface area contributed by atoms with Crippen molar-refractivity contribution >= 4 is 0 Å². The van der Waals surface area contributed by atoms with Gasteiger partial charge in [-0.05, 0) is 19.4 Å². The van der Waals surface area contributed by atoms with Crippen LogP contribution < -0.4 is 5.73 Å². The fourth-order valence-corrected chi connectivity index (χ4v) is 0.395. The van der Waals surface area contributed by atoms with Crippen LogP contribution in [0.4, 0.5) is 0 Å². The lowest BCUT2D eigenvalue weighted by atomic mass is 10.2. The molecular formula is C6H11NO. The van der Waals surface area contributed by atoms with E-state index in [1.54, 1.807) is 0 Å². The van der Waals surface area contributed by atoms with Crippen LogP contribution in [0.25, 0.3) is 0 Å². The summed E-state index contributed by atoms with van der Waals surface area (Å²) in [6.45, 7) is 0.596. The second kappa shape index (κ2) is 4.63. The van der Waals surface area contributed by atoms with E-state index < -0.39 is 6.10 Å². The van der Waals surface area contributed by atoms with Gasteiger partial charge in [0.2, 0.25) is 0 Å². The smallest absolute Gasteiger partial charge is 0.114 e. The molecule has 0 saturated heterocycles. The number of aliphatic hydroxyl groups is 1. The van der Waals surface area contributed by atoms with Gasteiger partial charge in [-0.25, -0.2) is 0 Å². The Labute approximate surface area is 49.7 Å². The molecule has 0 amide bonds.